The molecule has 1 saturated carbocycles. The zero-order valence-corrected chi connectivity index (χ0v) is 12.2. The number of nitrogens with zero attached hydrogens (tertiary/aromatic N) is 2. The fourth-order valence-electron chi connectivity index (χ4n) is 2.95. The van der Waals surface area contributed by atoms with E-state index in [2.05, 4.69) is 36.1 Å². The van der Waals surface area contributed by atoms with Crippen molar-refractivity contribution in [1.82, 2.24) is 15.1 Å². The second kappa shape index (κ2) is 5.87. The van der Waals surface area contributed by atoms with E-state index in [9.17, 15) is 5.11 Å². The summed E-state index contributed by atoms with van der Waals surface area (Å²) in [5.41, 5.74) is -0.130. The average Bonchev–Trinajstić information content (AvgIpc) is 3.13. The minimum absolute atomic E-state index is 0.130. The SMILES string of the molecule is CN(C)C1CCCN(CC(C)(CO)NC2CC2)C1. The molecule has 1 aliphatic heterocycles. The summed E-state index contributed by atoms with van der Waals surface area (Å²) in [5.74, 6) is 0. The maximum atomic E-state index is 9.67. The molecule has 0 radical (unpaired) electrons. The Kier molecular flexibility index (Phi) is 4.64. The van der Waals surface area contributed by atoms with Crippen LogP contribution in [-0.4, -0.2) is 72.9 Å². The molecule has 18 heavy (non-hydrogen) atoms. The van der Waals surface area contributed by atoms with Gasteiger partial charge in [-0.1, -0.05) is 0 Å². The predicted molar refractivity (Wildman–Crippen MR) is 74.8 cm³/mol. The number of piperidine rings is 1. The van der Waals surface area contributed by atoms with Crippen LogP contribution in [0.3, 0.4) is 0 Å². The Hall–Kier alpha value is -0.160. The van der Waals surface area contributed by atoms with Crippen LogP contribution in [0.4, 0.5) is 0 Å². The Morgan fingerprint density at radius 1 is 1.33 bits per heavy atom. The van der Waals surface area contributed by atoms with Gasteiger partial charge in [0.05, 0.1) is 12.1 Å². The molecule has 0 aromatic heterocycles. The first kappa shape index (κ1) is 14.3. The zero-order valence-electron chi connectivity index (χ0n) is 12.2. The molecule has 4 heteroatoms. The van der Waals surface area contributed by atoms with Crippen molar-refractivity contribution in [2.75, 3.05) is 40.3 Å². The van der Waals surface area contributed by atoms with Crippen LogP contribution in [0.5, 0.6) is 0 Å². The summed E-state index contributed by atoms with van der Waals surface area (Å²) in [7, 11) is 4.34. The molecule has 2 fully saturated rings. The third-order valence-electron chi connectivity index (χ3n) is 4.26. The van der Waals surface area contributed by atoms with Gasteiger partial charge in [-0.3, -0.25) is 4.90 Å². The van der Waals surface area contributed by atoms with Crippen LogP contribution in [-0.2, 0) is 0 Å². The molecule has 106 valence electrons. The van der Waals surface area contributed by atoms with E-state index in [-0.39, 0.29) is 12.1 Å². The lowest BCUT2D eigenvalue weighted by atomic mass is 9.98. The van der Waals surface area contributed by atoms with E-state index >= 15 is 0 Å². The number of aliphatic hydroxyl groups excluding tert-OH is 1. The molecular weight excluding hydrogens is 226 g/mol. The molecule has 2 atom stereocenters. The molecule has 0 spiro atoms. The Bertz CT molecular complexity index is 268. The lowest BCUT2D eigenvalue weighted by Crippen LogP contribution is -2.57. The van der Waals surface area contributed by atoms with Gasteiger partial charge in [0.25, 0.3) is 0 Å². The van der Waals surface area contributed by atoms with Gasteiger partial charge >= 0.3 is 0 Å². The third-order valence-corrected chi connectivity index (χ3v) is 4.26. The number of hydrogen-bond donors (Lipinski definition) is 2. The summed E-state index contributed by atoms with van der Waals surface area (Å²) >= 11 is 0. The summed E-state index contributed by atoms with van der Waals surface area (Å²) in [6.07, 6.45) is 5.12. The first-order valence-electron chi connectivity index (χ1n) is 7.30. The van der Waals surface area contributed by atoms with E-state index in [1.165, 1.54) is 32.2 Å². The van der Waals surface area contributed by atoms with Gasteiger partial charge < -0.3 is 15.3 Å². The molecule has 0 aromatic carbocycles. The van der Waals surface area contributed by atoms with Crippen LogP contribution in [0.1, 0.15) is 32.6 Å². The van der Waals surface area contributed by atoms with Crippen molar-refractivity contribution in [2.45, 2.75) is 50.2 Å². The molecule has 0 amide bonds. The molecule has 4 nitrogen and oxygen atoms in total. The molecule has 1 saturated heterocycles. The maximum absolute atomic E-state index is 9.67. The van der Waals surface area contributed by atoms with Gasteiger partial charge in [-0.05, 0) is 53.2 Å². The second-order valence-electron chi connectivity index (χ2n) is 6.63. The summed E-state index contributed by atoms with van der Waals surface area (Å²) in [5, 5.41) is 13.3. The Morgan fingerprint density at radius 3 is 2.61 bits per heavy atom. The van der Waals surface area contributed by atoms with Gasteiger partial charge in [0.15, 0.2) is 0 Å². The second-order valence-corrected chi connectivity index (χ2v) is 6.63. The van der Waals surface area contributed by atoms with Gasteiger partial charge in [-0.25, -0.2) is 0 Å². The molecule has 2 unspecified atom stereocenters. The summed E-state index contributed by atoms with van der Waals surface area (Å²) in [6, 6.07) is 1.32. The first-order valence-corrected chi connectivity index (χ1v) is 7.30. The van der Waals surface area contributed by atoms with Gasteiger partial charge in [0.1, 0.15) is 0 Å². The van der Waals surface area contributed by atoms with Crippen LogP contribution in [0, 0.1) is 0 Å². The lowest BCUT2D eigenvalue weighted by molar-refractivity contribution is 0.0773. The minimum atomic E-state index is -0.130. The quantitative estimate of drug-likeness (QED) is 0.726. The van der Waals surface area contributed by atoms with Crippen LogP contribution in [0.2, 0.25) is 0 Å². The highest BCUT2D eigenvalue weighted by atomic mass is 16.3. The monoisotopic (exact) mass is 255 g/mol. The maximum Gasteiger partial charge on any atom is 0.0623 e. The largest absolute Gasteiger partial charge is 0.394 e. The van der Waals surface area contributed by atoms with Crippen molar-refractivity contribution in [3.63, 3.8) is 0 Å². The standard InChI is InChI=1S/C14H29N3O/c1-14(11-18,15-12-6-7-12)10-17-8-4-5-13(9-17)16(2)3/h12-13,15,18H,4-11H2,1-3H3. The minimum Gasteiger partial charge on any atom is -0.394 e. The average molecular weight is 255 g/mol. The number of nitrogens with one attached hydrogen (secondary N) is 1. The number of likely N-dealkylation sites (N-methyl/N-ethyl adjacent to an activating group) is 1. The summed E-state index contributed by atoms with van der Waals surface area (Å²) < 4.78 is 0. The van der Waals surface area contributed by atoms with Crippen LogP contribution < -0.4 is 5.32 Å². The van der Waals surface area contributed by atoms with E-state index in [1.54, 1.807) is 0 Å². The van der Waals surface area contributed by atoms with Crippen molar-refractivity contribution in [3.05, 3.63) is 0 Å². The number of likely N-dealkylation sites (tertiary alicyclic amines) is 1. The van der Waals surface area contributed by atoms with E-state index < -0.39 is 0 Å². The van der Waals surface area contributed by atoms with Gasteiger partial charge in [0, 0.05) is 25.2 Å². The highest BCUT2D eigenvalue weighted by Crippen LogP contribution is 2.24. The fraction of sp³-hybridized carbons (Fsp3) is 1.00. The number of hydrogen-bond acceptors (Lipinski definition) is 4. The van der Waals surface area contributed by atoms with Crippen molar-refractivity contribution >= 4 is 0 Å². The van der Waals surface area contributed by atoms with Crippen molar-refractivity contribution in [3.8, 4) is 0 Å². The third kappa shape index (κ3) is 3.92. The van der Waals surface area contributed by atoms with Gasteiger partial charge in [-0.2, -0.15) is 0 Å². The highest BCUT2D eigenvalue weighted by Gasteiger charge is 2.34. The Morgan fingerprint density at radius 2 is 2.06 bits per heavy atom. The van der Waals surface area contributed by atoms with Gasteiger partial charge in [0.2, 0.25) is 0 Å². The molecule has 2 rings (SSSR count). The van der Waals surface area contributed by atoms with Crippen LogP contribution >= 0.6 is 0 Å². The Balaban J connectivity index is 1.85. The van der Waals surface area contributed by atoms with Crippen molar-refractivity contribution < 1.29 is 5.11 Å². The van der Waals surface area contributed by atoms with Crippen molar-refractivity contribution in [2.24, 2.45) is 0 Å². The van der Waals surface area contributed by atoms with Crippen LogP contribution in [0.25, 0.3) is 0 Å². The number of aliphatic hydroxyl groups is 1. The first-order chi connectivity index (χ1) is 8.52. The highest BCUT2D eigenvalue weighted by molar-refractivity contribution is 4.95. The summed E-state index contributed by atoms with van der Waals surface area (Å²) in [6.45, 7) is 5.66. The van der Waals surface area contributed by atoms with Gasteiger partial charge in [-0.15, -0.1) is 0 Å². The fourth-order valence-corrected chi connectivity index (χ4v) is 2.95. The molecule has 0 bridgehead atoms. The predicted octanol–water partition coefficient (Wildman–Crippen LogP) is 0.515. The zero-order chi connectivity index (χ0) is 13.2. The van der Waals surface area contributed by atoms with E-state index in [0.717, 1.165) is 13.1 Å². The van der Waals surface area contributed by atoms with E-state index in [4.69, 9.17) is 0 Å². The normalized spacial score (nSPS) is 29.5. The number of rotatable bonds is 6. The molecule has 0 aromatic rings. The lowest BCUT2D eigenvalue weighted by Gasteiger charge is -2.41. The smallest absolute Gasteiger partial charge is 0.0623 e. The van der Waals surface area contributed by atoms with E-state index in [1.807, 2.05) is 0 Å². The molecule has 1 aliphatic carbocycles. The molecule has 2 aliphatic rings. The van der Waals surface area contributed by atoms with Crippen molar-refractivity contribution in [1.29, 1.82) is 0 Å². The summed E-state index contributed by atoms with van der Waals surface area (Å²) in [4.78, 5) is 4.84. The topological polar surface area (TPSA) is 38.7 Å². The molecular formula is C14H29N3O. The van der Waals surface area contributed by atoms with Crippen LogP contribution in [0.15, 0.2) is 0 Å². The Labute approximate surface area is 111 Å². The van der Waals surface area contributed by atoms with E-state index in [0.29, 0.717) is 12.1 Å². The molecule has 2 N–H and O–H groups in total. The molecule has 1 heterocycles.